The quantitative estimate of drug-likeness (QED) is 0.758. The first-order chi connectivity index (χ1) is 6.67. The highest BCUT2D eigenvalue weighted by Gasteiger charge is 2.42. The Balaban J connectivity index is 2.94. The van der Waals surface area contributed by atoms with Gasteiger partial charge in [-0.2, -0.15) is 0 Å². The molecule has 1 aliphatic heterocycles. The van der Waals surface area contributed by atoms with Crippen LogP contribution in [0.4, 0.5) is 0 Å². The highest BCUT2D eigenvalue weighted by Crippen LogP contribution is 2.40. The number of hydrogen-bond acceptors (Lipinski definition) is 3. The summed E-state index contributed by atoms with van der Waals surface area (Å²) in [6.45, 7) is 3.85. The van der Waals surface area contributed by atoms with Gasteiger partial charge in [-0.1, -0.05) is 19.1 Å². The summed E-state index contributed by atoms with van der Waals surface area (Å²) in [6, 6.07) is 0. The lowest BCUT2D eigenvalue weighted by Crippen LogP contribution is -2.44. The summed E-state index contributed by atoms with van der Waals surface area (Å²) in [6.07, 6.45) is 4.97. The normalized spacial score (nSPS) is 36.1. The molecule has 0 saturated carbocycles. The molecule has 4 heteroatoms. The van der Waals surface area contributed by atoms with Crippen LogP contribution in [0, 0.1) is 0 Å². The maximum Gasteiger partial charge on any atom is 0.135 e. The van der Waals surface area contributed by atoms with Crippen LogP contribution in [0.2, 0.25) is 0 Å². The summed E-state index contributed by atoms with van der Waals surface area (Å²) < 4.78 is 11.4. The fourth-order valence-corrected chi connectivity index (χ4v) is 5.54. The third kappa shape index (κ3) is 2.23. The number of rotatable bonds is 3. The van der Waals surface area contributed by atoms with E-state index in [0.29, 0.717) is 12.2 Å². The second kappa shape index (κ2) is 5.33. The predicted octanol–water partition coefficient (Wildman–Crippen LogP) is 1.92. The molecule has 0 bridgehead atoms. The van der Waals surface area contributed by atoms with E-state index in [1.165, 1.54) is 0 Å². The Kier molecular flexibility index (Phi) is 4.67. The molecule has 3 atom stereocenters. The van der Waals surface area contributed by atoms with Crippen LogP contribution in [-0.4, -0.2) is 31.0 Å². The molecule has 82 valence electrons. The second-order valence-electron chi connectivity index (χ2n) is 3.40. The Bertz CT molecular complexity index is 240. The number of aliphatic hydroxyl groups is 1. The van der Waals surface area contributed by atoms with Crippen molar-refractivity contribution >= 4 is 22.6 Å². The molecule has 0 aromatic heterocycles. The van der Waals surface area contributed by atoms with Gasteiger partial charge in [0.25, 0.3) is 0 Å². The average molecular weight is 234 g/mol. The molecule has 1 rings (SSSR count). The molecule has 0 aromatic carbocycles. The van der Waals surface area contributed by atoms with Crippen molar-refractivity contribution in [3.63, 3.8) is 0 Å². The van der Waals surface area contributed by atoms with Gasteiger partial charge in [-0.15, -0.1) is 11.8 Å². The first-order valence-electron chi connectivity index (χ1n) is 5.01. The zero-order chi connectivity index (χ0) is 10.6. The third-order valence-electron chi connectivity index (χ3n) is 2.41. The van der Waals surface area contributed by atoms with Crippen LogP contribution < -0.4 is 0 Å². The molecule has 1 aliphatic rings. The first kappa shape index (κ1) is 12.3. The molecule has 0 amide bonds. The highest BCUT2D eigenvalue weighted by atomic mass is 32.2. The summed E-state index contributed by atoms with van der Waals surface area (Å²) in [5.74, 6) is 1.71. The highest BCUT2D eigenvalue weighted by molar-refractivity contribution is 8.13. The molecule has 0 aliphatic carbocycles. The van der Waals surface area contributed by atoms with E-state index in [9.17, 15) is 9.32 Å². The van der Waals surface area contributed by atoms with Gasteiger partial charge >= 0.3 is 0 Å². The van der Waals surface area contributed by atoms with Gasteiger partial charge in [-0.3, -0.25) is 4.21 Å². The maximum atomic E-state index is 12.0. The molecule has 1 heterocycles. The van der Waals surface area contributed by atoms with Gasteiger partial charge in [0.15, 0.2) is 0 Å². The van der Waals surface area contributed by atoms with E-state index in [1.54, 1.807) is 11.8 Å². The molecule has 1 unspecified atom stereocenters. The molecule has 0 spiro atoms. The van der Waals surface area contributed by atoms with Crippen molar-refractivity contribution in [3.05, 3.63) is 12.2 Å². The predicted molar refractivity (Wildman–Crippen MR) is 63.9 cm³/mol. The standard InChI is InChI=1S/C10H18O2S2/c1-3-6-10(9(11)4-2)13-7-5-8-14(10)12/h3,6,9,11H,4-5,7-8H2,1-2H3/b6-3+/t9-,10-,14?/m1/s1. The third-order valence-corrected chi connectivity index (χ3v) is 6.45. The smallest absolute Gasteiger partial charge is 0.135 e. The summed E-state index contributed by atoms with van der Waals surface area (Å²) in [5, 5.41) is 9.97. The minimum Gasteiger partial charge on any atom is -0.390 e. The van der Waals surface area contributed by atoms with Crippen molar-refractivity contribution in [2.45, 2.75) is 36.9 Å². The van der Waals surface area contributed by atoms with E-state index in [-0.39, 0.29) is 0 Å². The van der Waals surface area contributed by atoms with E-state index >= 15 is 0 Å². The van der Waals surface area contributed by atoms with Crippen LogP contribution in [-0.2, 0) is 10.8 Å². The van der Waals surface area contributed by atoms with Gasteiger partial charge in [0, 0.05) is 16.6 Å². The minimum atomic E-state index is -0.940. The van der Waals surface area contributed by atoms with Crippen LogP contribution in [0.5, 0.6) is 0 Å². The molecule has 1 fully saturated rings. The molecular formula is C10H18O2S2. The number of hydrogen-bond donors (Lipinski definition) is 1. The lowest BCUT2D eigenvalue weighted by Gasteiger charge is -2.36. The first-order valence-corrected chi connectivity index (χ1v) is 7.32. The van der Waals surface area contributed by atoms with E-state index in [2.05, 4.69) is 0 Å². The number of aliphatic hydroxyl groups excluding tert-OH is 1. The Morgan fingerprint density at radius 2 is 2.43 bits per heavy atom. The summed E-state index contributed by atoms with van der Waals surface area (Å²) in [7, 11) is -0.940. The van der Waals surface area contributed by atoms with Crippen molar-refractivity contribution in [2.24, 2.45) is 0 Å². The van der Waals surface area contributed by atoms with Crippen LogP contribution in [0.1, 0.15) is 26.7 Å². The van der Waals surface area contributed by atoms with Crippen LogP contribution in [0.25, 0.3) is 0 Å². The van der Waals surface area contributed by atoms with Gasteiger partial charge in [0.05, 0.1) is 6.10 Å². The lowest BCUT2D eigenvalue weighted by atomic mass is 10.2. The van der Waals surface area contributed by atoms with Crippen LogP contribution in [0.3, 0.4) is 0 Å². The summed E-state index contributed by atoms with van der Waals surface area (Å²) in [4.78, 5) is 0. The number of allylic oxidation sites excluding steroid dienone is 1. The van der Waals surface area contributed by atoms with E-state index in [1.807, 2.05) is 26.0 Å². The summed E-state index contributed by atoms with van der Waals surface area (Å²) in [5.41, 5.74) is 0. The van der Waals surface area contributed by atoms with E-state index in [0.717, 1.165) is 12.2 Å². The summed E-state index contributed by atoms with van der Waals surface area (Å²) >= 11 is 1.64. The fourth-order valence-electron chi connectivity index (χ4n) is 1.65. The monoisotopic (exact) mass is 234 g/mol. The lowest BCUT2D eigenvalue weighted by molar-refractivity contribution is 0.168. The minimum absolute atomic E-state index is 0.496. The molecule has 1 N–H and O–H groups in total. The molecule has 0 aromatic rings. The molecular weight excluding hydrogens is 216 g/mol. The van der Waals surface area contributed by atoms with E-state index < -0.39 is 21.0 Å². The Morgan fingerprint density at radius 3 is 2.93 bits per heavy atom. The fraction of sp³-hybridized carbons (Fsp3) is 0.800. The van der Waals surface area contributed by atoms with Gasteiger partial charge in [-0.05, 0) is 25.5 Å². The molecule has 1 saturated heterocycles. The molecule has 2 nitrogen and oxygen atoms in total. The largest absolute Gasteiger partial charge is 0.390 e. The van der Waals surface area contributed by atoms with Crippen molar-refractivity contribution in [1.82, 2.24) is 0 Å². The van der Waals surface area contributed by atoms with Crippen molar-refractivity contribution < 1.29 is 9.32 Å². The zero-order valence-electron chi connectivity index (χ0n) is 8.73. The average Bonchev–Trinajstić information content (AvgIpc) is 2.20. The van der Waals surface area contributed by atoms with Crippen molar-refractivity contribution in [1.29, 1.82) is 0 Å². The Labute approximate surface area is 92.6 Å². The second-order valence-corrected chi connectivity index (χ2v) is 6.80. The maximum absolute atomic E-state index is 12.0. The molecule has 0 radical (unpaired) electrons. The SMILES string of the molecule is C/C=C/[C@@]1([C@H](O)CC)SCCCS1=O. The Morgan fingerprint density at radius 1 is 1.71 bits per heavy atom. The van der Waals surface area contributed by atoms with Crippen molar-refractivity contribution in [2.75, 3.05) is 11.5 Å². The van der Waals surface area contributed by atoms with Crippen molar-refractivity contribution in [3.8, 4) is 0 Å². The zero-order valence-corrected chi connectivity index (χ0v) is 10.4. The van der Waals surface area contributed by atoms with Crippen LogP contribution in [0.15, 0.2) is 12.2 Å². The van der Waals surface area contributed by atoms with Gasteiger partial charge in [-0.25, -0.2) is 0 Å². The van der Waals surface area contributed by atoms with E-state index in [4.69, 9.17) is 0 Å². The Hall–Kier alpha value is 0.200. The van der Waals surface area contributed by atoms with Crippen LogP contribution >= 0.6 is 11.8 Å². The molecule has 14 heavy (non-hydrogen) atoms. The van der Waals surface area contributed by atoms with Gasteiger partial charge < -0.3 is 5.11 Å². The van der Waals surface area contributed by atoms with Gasteiger partial charge in [0.1, 0.15) is 4.08 Å². The topological polar surface area (TPSA) is 37.3 Å². The number of thioether (sulfide) groups is 1. The van der Waals surface area contributed by atoms with Gasteiger partial charge in [0.2, 0.25) is 0 Å².